The van der Waals surface area contributed by atoms with Gasteiger partial charge in [-0.1, -0.05) is 47.9 Å². The number of hydrogen-bond acceptors (Lipinski definition) is 1. The minimum atomic E-state index is -0.960. The molecule has 0 saturated carbocycles. The van der Waals surface area contributed by atoms with Gasteiger partial charge in [0.05, 0.1) is 0 Å². The van der Waals surface area contributed by atoms with Crippen molar-refractivity contribution in [2.75, 3.05) is 11.9 Å². The van der Waals surface area contributed by atoms with E-state index in [1.54, 1.807) is 17.0 Å². The maximum Gasteiger partial charge on any atom is 0.323 e. The van der Waals surface area contributed by atoms with Crippen molar-refractivity contribution in [1.82, 2.24) is 4.90 Å². The van der Waals surface area contributed by atoms with Crippen molar-refractivity contribution in [1.29, 1.82) is 0 Å². The first kappa shape index (κ1) is 14.5. The molecule has 0 fully saturated rings. The Morgan fingerprint density at radius 1 is 1.27 bits per heavy atom. The van der Waals surface area contributed by atoms with Crippen LogP contribution in [0, 0.1) is 12.3 Å². The third kappa shape index (κ3) is 1.96. The lowest BCUT2D eigenvalue weighted by Gasteiger charge is -2.44. The van der Waals surface area contributed by atoms with Gasteiger partial charge < -0.3 is 5.32 Å². The molecule has 0 spiro atoms. The van der Waals surface area contributed by atoms with E-state index in [4.69, 9.17) is 18.0 Å². The number of rotatable bonds is 2. The zero-order chi connectivity index (χ0) is 15.7. The van der Waals surface area contributed by atoms with Crippen molar-refractivity contribution < 1.29 is 4.79 Å². The van der Waals surface area contributed by atoms with Gasteiger partial charge in [-0.3, -0.25) is 4.90 Å². The molecule has 2 aromatic carbocycles. The van der Waals surface area contributed by atoms with Gasteiger partial charge in [0.25, 0.3) is 0 Å². The van der Waals surface area contributed by atoms with E-state index in [-0.39, 0.29) is 6.03 Å². The van der Waals surface area contributed by atoms with Crippen LogP contribution in [0.25, 0.3) is 0 Å². The van der Waals surface area contributed by atoms with Gasteiger partial charge in [0, 0.05) is 22.8 Å². The summed E-state index contributed by atoms with van der Waals surface area (Å²) >= 11 is 6.18. The van der Waals surface area contributed by atoms with E-state index in [2.05, 4.69) is 11.2 Å². The summed E-state index contributed by atoms with van der Waals surface area (Å²) in [4.78, 5) is 14.2. The number of hydrogen-bond donors (Lipinski definition) is 1. The first-order valence-electron chi connectivity index (χ1n) is 7.05. The molecule has 1 atom stereocenters. The van der Waals surface area contributed by atoms with Gasteiger partial charge in [-0.25, -0.2) is 4.79 Å². The molecule has 0 radical (unpaired) electrons. The Kier molecular flexibility index (Phi) is 3.56. The summed E-state index contributed by atoms with van der Waals surface area (Å²) in [5, 5.41) is 3.46. The minimum Gasteiger partial charge on any atom is -0.307 e. The molecule has 1 aliphatic rings. The van der Waals surface area contributed by atoms with Crippen molar-refractivity contribution in [2.24, 2.45) is 0 Å². The molecule has 3 nitrogen and oxygen atoms in total. The van der Waals surface area contributed by atoms with Crippen LogP contribution in [0.1, 0.15) is 18.1 Å². The number of nitrogens with zero attached hydrogens (tertiary/aromatic N) is 1. The van der Waals surface area contributed by atoms with E-state index < -0.39 is 5.54 Å². The fraction of sp³-hybridized carbons (Fsp3) is 0.167. The first-order valence-corrected chi connectivity index (χ1v) is 7.43. The highest BCUT2D eigenvalue weighted by Crippen LogP contribution is 2.43. The molecular formula is C18H15ClN2O. The van der Waals surface area contributed by atoms with Crippen LogP contribution < -0.4 is 5.32 Å². The summed E-state index contributed by atoms with van der Waals surface area (Å²) in [5.74, 6) is 2.86. The Morgan fingerprint density at radius 3 is 2.64 bits per heavy atom. The third-order valence-corrected chi connectivity index (χ3v) is 4.21. The molecule has 3 rings (SSSR count). The predicted molar refractivity (Wildman–Crippen MR) is 88.9 cm³/mol. The van der Waals surface area contributed by atoms with Crippen LogP contribution in [0.15, 0.2) is 48.5 Å². The van der Waals surface area contributed by atoms with E-state index >= 15 is 0 Å². The highest BCUT2D eigenvalue weighted by molar-refractivity contribution is 6.30. The normalized spacial score (nSPS) is 20.0. The van der Waals surface area contributed by atoms with Gasteiger partial charge >= 0.3 is 6.03 Å². The smallest absolute Gasteiger partial charge is 0.307 e. The van der Waals surface area contributed by atoms with Gasteiger partial charge in [-0.05, 0) is 30.7 Å². The second-order valence-electron chi connectivity index (χ2n) is 5.09. The van der Waals surface area contributed by atoms with E-state index in [1.165, 1.54) is 0 Å². The number of benzene rings is 2. The van der Waals surface area contributed by atoms with Crippen LogP contribution in [0.2, 0.25) is 5.02 Å². The molecule has 0 aliphatic carbocycles. The lowest BCUT2D eigenvalue weighted by molar-refractivity contribution is 0.177. The number of fused-ring (bicyclic) bond motifs is 1. The monoisotopic (exact) mass is 310 g/mol. The van der Waals surface area contributed by atoms with Gasteiger partial charge in [-0.2, -0.15) is 0 Å². The Balaban J connectivity index is 2.37. The van der Waals surface area contributed by atoms with Gasteiger partial charge in [-0.15, -0.1) is 6.42 Å². The molecule has 1 unspecified atom stereocenters. The molecule has 1 N–H and O–H groups in total. The molecule has 1 aliphatic heterocycles. The van der Waals surface area contributed by atoms with Crippen LogP contribution >= 0.6 is 11.6 Å². The standard InChI is InChI=1S/C18H15ClN2O/c1-3-18(13-8-6-5-7-9-13)15-12-14(19)10-11-16(15)20-17(22)21(18)4-2/h1,5-12H,4H2,2H3,(H,20,22). The van der Waals surface area contributed by atoms with Crippen molar-refractivity contribution in [2.45, 2.75) is 12.5 Å². The quantitative estimate of drug-likeness (QED) is 0.833. The number of carbonyl (C=O) groups is 1. The molecule has 1 heterocycles. The summed E-state index contributed by atoms with van der Waals surface area (Å²) < 4.78 is 0. The number of anilines is 1. The fourth-order valence-corrected chi connectivity index (χ4v) is 3.19. The molecule has 2 amide bonds. The molecular weight excluding hydrogens is 296 g/mol. The maximum absolute atomic E-state index is 12.5. The zero-order valence-electron chi connectivity index (χ0n) is 12.1. The number of amides is 2. The average molecular weight is 311 g/mol. The van der Waals surface area contributed by atoms with Crippen LogP contribution in [-0.4, -0.2) is 17.5 Å². The molecule has 0 saturated heterocycles. The van der Waals surface area contributed by atoms with Crippen LogP contribution in [0.3, 0.4) is 0 Å². The largest absolute Gasteiger partial charge is 0.323 e. The van der Waals surface area contributed by atoms with Crippen LogP contribution in [0.4, 0.5) is 10.5 Å². The van der Waals surface area contributed by atoms with E-state index in [0.717, 1.165) is 11.1 Å². The second-order valence-corrected chi connectivity index (χ2v) is 5.52. The van der Waals surface area contributed by atoms with Crippen molar-refractivity contribution in [3.8, 4) is 12.3 Å². The Labute approximate surface area is 134 Å². The second kappa shape index (κ2) is 5.40. The summed E-state index contributed by atoms with van der Waals surface area (Å²) in [6.07, 6.45) is 5.95. The van der Waals surface area contributed by atoms with Crippen molar-refractivity contribution in [3.05, 3.63) is 64.7 Å². The highest BCUT2D eigenvalue weighted by Gasteiger charge is 2.46. The Morgan fingerprint density at radius 2 is 2.00 bits per heavy atom. The number of halogens is 1. The number of carbonyl (C=O) groups excluding carboxylic acids is 1. The molecule has 0 bridgehead atoms. The van der Waals surface area contributed by atoms with Crippen molar-refractivity contribution in [3.63, 3.8) is 0 Å². The molecule has 0 aromatic heterocycles. The van der Waals surface area contributed by atoms with Crippen LogP contribution in [0.5, 0.6) is 0 Å². The average Bonchev–Trinajstić information content (AvgIpc) is 2.55. The fourth-order valence-electron chi connectivity index (χ4n) is 3.02. The molecule has 2 aromatic rings. The molecule has 110 valence electrons. The lowest BCUT2D eigenvalue weighted by Crippen LogP contribution is -2.54. The third-order valence-electron chi connectivity index (χ3n) is 3.98. The van der Waals surface area contributed by atoms with Crippen LogP contribution in [-0.2, 0) is 5.54 Å². The van der Waals surface area contributed by atoms with Gasteiger partial charge in [0.2, 0.25) is 0 Å². The van der Waals surface area contributed by atoms with Gasteiger partial charge in [0.15, 0.2) is 5.54 Å². The topological polar surface area (TPSA) is 32.3 Å². The van der Waals surface area contributed by atoms with Gasteiger partial charge in [0.1, 0.15) is 0 Å². The Hall–Kier alpha value is -2.44. The number of terminal acetylenes is 1. The predicted octanol–water partition coefficient (Wildman–Crippen LogP) is 4.08. The van der Waals surface area contributed by atoms with E-state index in [9.17, 15) is 4.79 Å². The highest BCUT2D eigenvalue weighted by atomic mass is 35.5. The SMILES string of the molecule is C#CC1(c2ccccc2)c2cc(Cl)ccc2NC(=O)N1CC. The molecule has 22 heavy (non-hydrogen) atoms. The summed E-state index contributed by atoms with van der Waals surface area (Å²) in [5.41, 5.74) is 1.42. The zero-order valence-corrected chi connectivity index (χ0v) is 12.9. The number of nitrogens with one attached hydrogen (secondary N) is 1. The lowest BCUT2D eigenvalue weighted by atomic mass is 9.79. The number of urea groups is 1. The van der Waals surface area contributed by atoms with Crippen molar-refractivity contribution >= 4 is 23.3 Å². The van der Waals surface area contributed by atoms with E-state index in [1.807, 2.05) is 43.3 Å². The first-order chi connectivity index (χ1) is 10.6. The Bertz CT molecular complexity index is 766. The minimum absolute atomic E-state index is 0.209. The summed E-state index contributed by atoms with van der Waals surface area (Å²) in [6, 6.07) is 14.8. The maximum atomic E-state index is 12.5. The van der Waals surface area contributed by atoms with E-state index in [0.29, 0.717) is 17.3 Å². The summed E-state index contributed by atoms with van der Waals surface area (Å²) in [7, 11) is 0. The molecule has 4 heteroatoms. The summed E-state index contributed by atoms with van der Waals surface area (Å²) in [6.45, 7) is 2.39.